The molecule has 0 aliphatic carbocycles. The van der Waals surface area contributed by atoms with E-state index in [1.807, 2.05) is 13.8 Å². The smallest absolute Gasteiger partial charge is 0.336 e. The summed E-state index contributed by atoms with van der Waals surface area (Å²) in [5.41, 5.74) is 0.0114. The molecule has 1 heterocycles. The van der Waals surface area contributed by atoms with Crippen LogP contribution >= 0.6 is 0 Å². The first kappa shape index (κ1) is 14.0. The Morgan fingerprint density at radius 3 is 2.60 bits per heavy atom. The van der Waals surface area contributed by atoms with E-state index in [1.54, 1.807) is 12.4 Å². The highest BCUT2D eigenvalue weighted by Crippen LogP contribution is 2.13. The normalized spacial score (nSPS) is 11.0. The van der Waals surface area contributed by atoms with Crippen LogP contribution < -0.4 is 5.69 Å². The molecule has 106 valence electrons. The summed E-state index contributed by atoms with van der Waals surface area (Å²) in [6, 6.07) is 3.45. The van der Waals surface area contributed by atoms with Gasteiger partial charge in [0.15, 0.2) is 0 Å². The molecular weight excluding hydrogens is 263 g/mol. The average molecular weight is 278 g/mol. The standard InChI is InChI=1S/C14H15FN2O3/c1-9(2)17-6-5-16(14(17)20)8-10-7-11(15)3-4-12(10)13(18)19/h3-7,9H,8H2,1-2H3,(H,18,19). The number of carboxylic acid groups (broad SMARTS) is 1. The predicted octanol–water partition coefficient (Wildman–Crippen LogP) is 2.12. The molecule has 5 nitrogen and oxygen atoms in total. The number of halogens is 1. The van der Waals surface area contributed by atoms with Gasteiger partial charge in [-0.3, -0.25) is 9.13 Å². The molecule has 0 spiro atoms. The lowest BCUT2D eigenvalue weighted by Crippen LogP contribution is -2.26. The van der Waals surface area contributed by atoms with Crippen LogP contribution in [0, 0.1) is 5.82 Å². The minimum Gasteiger partial charge on any atom is -0.478 e. The second-order valence-electron chi connectivity index (χ2n) is 4.82. The molecule has 0 amide bonds. The van der Waals surface area contributed by atoms with E-state index in [9.17, 15) is 14.0 Å². The zero-order chi connectivity index (χ0) is 14.9. The minimum atomic E-state index is -1.14. The highest BCUT2D eigenvalue weighted by Gasteiger charge is 2.13. The molecule has 0 atom stereocenters. The van der Waals surface area contributed by atoms with Gasteiger partial charge in [-0.05, 0) is 37.6 Å². The molecule has 1 aromatic heterocycles. The summed E-state index contributed by atoms with van der Waals surface area (Å²) >= 11 is 0. The first-order chi connectivity index (χ1) is 9.40. The molecule has 20 heavy (non-hydrogen) atoms. The molecule has 0 bridgehead atoms. The number of aromatic nitrogens is 2. The number of hydrogen-bond acceptors (Lipinski definition) is 2. The Labute approximate surface area is 114 Å². The van der Waals surface area contributed by atoms with Crippen molar-refractivity contribution in [3.63, 3.8) is 0 Å². The lowest BCUT2D eigenvalue weighted by molar-refractivity contribution is 0.0695. The molecule has 0 fully saturated rings. The molecular formula is C14H15FN2O3. The highest BCUT2D eigenvalue weighted by molar-refractivity contribution is 5.89. The maximum absolute atomic E-state index is 13.3. The summed E-state index contributed by atoms with van der Waals surface area (Å²) in [5.74, 6) is -1.67. The number of aromatic carboxylic acids is 1. The molecule has 0 aliphatic heterocycles. The van der Waals surface area contributed by atoms with Gasteiger partial charge >= 0.3 is 11.7 Å². The Hall–Kier alpha value is -2.37. The second-order valence-corrected chi connectivity index (χ2v) is 4.82. The zero-order valence-corrected chi connectivity index (χ0v) is 11.2. The Morgan fingerprint density at radius 2 is 2.05 bits per heavy atom. The van der Waals surface area contributed by atoms with Crippen LogP contribution in [-0.4, -0.2) is 20.2 Å². The average Bonchev–Trinajstić information content (AvgIpc) is 2.71. The van der Waals surface area contributed by atoms with Crippen LogP contribution in [0.15, 0.2) is 35.4 Å². The van der Waals surface area contributed by atoms with Crippen molar-refractivity contribution in [2.45, 2.75) is 26.4 Å². The number of carbonyl (C=O) groups is 1. The molecule has 2 rings (SSSR count). The van der Waals surface area contributed by atoms with Crippen LogP contribution in [0.5, 0.6) is 0 Å². The maximum atomic E-state index is 13.3. The van der Waals surface area contributed by atoms with E-state index in [2.05, 4.69) is 0 Å². The molecule has 0 aliphatic rings. The van der Waals surface area contributed by atoms with Gasteiger partial charge < -0.3 is 5.11 Å². The fourth-order valence-corrected chi connectivity index (χ4v) is 2.03. The van der Waals surface area contributed by atoms with Crippen LogP contribution in [0.1, 0.15) is 35.8 Å². The fraction of sp³-hybridized carbons (Fsp3) is 0.286. The summed E-state index contributed by atoms with van der Waals surface area (Å²) in [6.07, 6.45) is 3.20. The Balaban J connectivity index is 2.42. The second kappa shape index (κ2) is 5.32. The van der Waals surface area contributed by atoms with Gasteiger partial charge in [0.25, 0.3) is 0 Å². The van der Waals surface area contributed by atoms with Crippen LogP contribution in [-0.2, 0) is 6.54 Å². The van der Waals surface area contributed by atoms with Crippen molar-refractivity contribution >= 4 is 5.97 Å². The van der Waals surface area contributed by atoms with Crippen LogP contribution in [0.2, 0.25) is 0 Å². The molecule has 6 heteroatoms. The van der Waals surface area contributed by atoms with Crippen molar-refractivity contribution in [3.05, 3.63) is 58.0 Å². The van der Waals surface area contributed by atoms with Crippen molar-refractivity contribution in [1.29, 1.82) is 0 Å². The third-order valence-electron chi connectivity index (χ3n) is 3.07. The molecule has 1 aromatic carbocycles. The number of nitrogens with zero attached hydrogens (tertiary/aromatic N) is 2. The number of carboxylic acids is 1. The van der Waals surface area contributed by atoms with Crippen LogP contribution in [0.25, 0.3) is 0 Å². The fourth-order valence-electron chi connectivity index (χ4n) is 2.03. The van der Waals surface area contributed by atoms with Gasteiger partial charge in [0.1, 0.15) is 5.82 Å². The Kier molecular flexibility index (Phi) is 3.74. The summed E-state index contributed by atoms with van der Waals surface area (Å²) in [7, 11) is 0. The number of rotatable bonds is 4. The third kappa shape index (κ3) is 2.64. The van der Waals surface area contributed by atoms with E-state index in [0.29, 0.717) is 0 Å². The van der Waals surface area contributed by atoms with E-state index in [1.165, 1.54) is 15.2 Å². The molecule has 0 saturated heterocycles. The minimum absolute atomic E-state index is 0.00408. The van der Waals surface area contributed by atoms with Crippen molar-refractivity contribution < 1.29 is 14.3 Å². The van der Waals surface area contributed by atoms with E-state index in [4.69, 9.17) is 5.11 Å². The molecule has 0 saturated carbocycles. The van der Waals surface area contributed by atoms with E-state index in [0.717, 1.165) is 12.1 Å². The van der Waals surface area contributed by atoms with Gasteiger partial charge in [-0.15, -0.1) is 0 Å². The molecule has 1 N–H and O–H groups in total. The van der Waals surface area contributed by atoms with Gasteiger partial charge in [-0.25, -0.2) is 14.0 Å². The molecule has 0 radical (unpaired) electrons. The Bertz CT molecular complexity index is 701. The first-order valence-electron chi connectivity index (χ1n) is 6.19. The lowest BCUT2D eigenvalue weighted by Gasteiger charge is -2.08. The summed E-state index contributed by atoms with van der Waals surface area (Å²) in [6.45, 7) is 3.77. The van der Waals surface area contributed by atoms with Crippen molar-refractivity contribution in [2.24, 2.45) is 0 Å². The summed E-state index contributed by atoms with van der Waals surface area (Å²) < 4.78 is 16.2. The molecule has 0 unspecified atom stereocenters. The molecule has 2 aromatic rings. The van der Waals surface area contributed by atoms with E-state index in [-0.39, 0.29) is 29.4 Å². The highest BCUT2D eigenvalue weighted by atomic mass is 19.1. The van der Waals surface area contributed by atoms with Crippen molar-refractivity contribution in [3.8, 4) is 0 Å². The van der Waals surface area contributed by atoms with E-state index >= 15 is 0 Å². The number of imidazole rings is 1. The number of benzene rings is 1. The number of hydrogen-bond donors (Lipinski definition) is 1. The quantitative estimate of drug-likeness (QED) is 0.931. The van der Waals surface area contributed by atoms with Gasteiger partial charge in [0.2, 0.25) is 0 Å². The van der Waals surface area contributed by atoms with Crippen LogP contribution in [0.3, 0.4) is 0 Å². The van der Waals surface area contributed by atoms with E-state index < -0.39 is 11.8 Å². The van der Waals surface area contributed by atoms with Gasteiger partial charge in [-0.2, -0.15) is 0 Å². The van der Waals surface area contributed by atoms with Crippen LogP contribution in [0.4, 0.5) is 4.39 Å². The Morgan fingerprint density at radius 1 is 1.35 bits per heavy atom. The zero-order valence-electron chi connectivity index (χ0n) is 11.2. The summed E-state index contributed by atoms with van der Waals surface area (Å²) in [5, 5.41) is 9.08. The topological polar surface area (TPSA) is 64.2 Å². The van der Waals surface area contributed by atoms with Gasteiger partial charge in [0.05, 0.1) is 12.1 Å². The first-order valence-corrected chi connectivity index (χ1v) is 6.19. The monoisotopic (exact) mass is 278 g/mol. The third-order valence-corrected chi connectivity index (χ3v) is 3.07. The lowest BCUT2D eigenvalue weighted by atomic mass is 10.1. The maximum Gasteiger partial charge on any atom is 0.336 e. The predicted molar refractivity (Wildman–Crippen MR) is 71.5 cm³/mol. The van der Waals surface area contributed by atoms with Gasteiger partial charge in [0, 0.05) is 18.4 Å². The largest absolute Gasteiger partial charge is 0.478 e. The van der Waals surface area contributed by atoms with Crippen molar-refractivity contribution in [1.82, 2.24) is 9.13 Å². The SMILES string of the molecule is CC(C)n1ccn(Cc2cc(F)ccc2C(=O)O)c1=O. The van der Waals surface area contributed by atoms with Crippen molar-refractivity contribution in [2.75, 3.05) is 0 Å². The van der Waals surface area contributed by atoms with Gasteiger partial charge in [-0.1, -0.05) is 0 Å². The summed E-state index contributed by atoms with van der Waals surface area (Å²) in [4.78, 5) is 23.2.